The maximum absolute atomic E-state index is 12.3. The van der Waals surface area contributed by atoms with Gasteiger partial charge in [-0.2, -0.15) is 0 Å². The summed E-state index contributed by atoms with van der Waals surface area (Å²) >= 11 is 0. The lowest BCUT2D eigenvalue weighted by Gasteiger charge is -2.37. The maximum Gasteiger partial charge on any atom is 0.309 e. The molecule has 4 nitrogen and oxygen atoms in total. The van der Waals surface area contributed by atoms with Gasteiger partial charge in [0.15, 0.2) is 0 Å². The smallest absolute Gasteiger partial charge is 0.309 e. The largest absolute Gasteiger partial charge is 0.463 e. The number of hydrogen-bond acceptors (Lipinski definition) is 4. The van der Waals surface area contributed by atoms with Crippen LogP contribution >= 0.6 is 0 Å². The monoisotopic (exact) mass is 282 g/mol. The third-order valence-electron chi connectivity index (χ3n) is 5.39. The van der Waals surface area contributed by atoms with Gasteiger partial charge in [-0.25, -0.2) is 0 Å². The minimum absolute atomic E-state index is 0.0218. The highest BCUT2D eigenvalue weighted by Crippen LogP contribution is 2.64. The van der Waals surface area contributed by atoms with Crippen LogP contribution in [0, 0.1) is 22.7 Å². The standard InChI is InChI=1S/C16H26O4/c1-15(2)12-5-6-16(15,3)13(11-12)14(17)20-10-9-19-8-7-18-4/h5-6,12-13H,7-11H2,1-4H3. The normalized spacial score (nSPS) is 33.6. The molecule has 2 aliphatic rings. The Bertz CT molecular complexity index is 388. The summed E-state index contributed by atoms with van der Waals surface area (Å²) in [4.78, 5) is 12.3. The number of esters is 1. The van der Waals surface area contributed by atoms with E-state index >= 15 is 0 Å². The second-order valence-electron chi connectivity index (χ2n) is 6.53. The minimum atomic E-state index is -0.0808. The van der Waals surface area contributed by atoms with Crippen LogP contribution in [0.5, 0.6) is 0 Å². The van der Waals surface area contributed by atoms with Crippen molar-refractivity contribution in [1.29, 1.82) is 0 Å². The van der Waals surface area contributed by atoms with Crippen molar-refractivity contribution in [3.05, 3.63) is 12.2 Å². The molecule has 1 saturated carbocycles. The van der Waals surface area contributed by atoms with Crippen molar-refractivity contribution in [3.8, 4) is 0 Å². The Morgan fingerprint density at radius 2 is 1.90 bits per heavy atom. The van der Waals surface area contributed by atoms with Crippen molar-refractivity contribution >= 4 is 5.97 Å². The summed E-state index contributed by atoms with van der Waals surface area (Å²) < 4.78 is 15.6. The molecule has 0 aromatic rings. The second kappa shape index (κ2) is 5.86. The Balaban J connectivity index is 1.79. The average Bonchev–Trinajstić information content (AvgIpc) is 2.75. The fourth-order valence-corrected chi connectivity index (χ4v) is 3.50. The molecule has 0 aliphatic heterocycles. The molecule has 2 bridgehead atoms. The quantitative estimate of drug-likeness (QED) is 0.409. The molecule has 2 rings (SSSR count). The molecule has 0 spiro atoms. The van der Waals surface area contributed by atoms with E-state index in [-0.39, 0.29) is 22.7 Å². The summed E-state index contributed by atoms with van der Waals surface area (Å²) in [6.07, 6.45) is 5.38. The van der Waals surface area contributed by atoms with E-state index in [1.165, 1.54) is 0 Å². The van der Waals surface area contributed by atoms with Crippen LogP contribution in [0.3, 0.4) is 0 Å². The van der Waals surface area contributed by atoms with E-state index in [0.717, 1.165) is 6.42 Å². The van der Waals surface area contributed by atoms with E-state index in [4.69, 9.17) is 14.2 Å². The number of hydrogen-bond donors (Lipinski definition) is 0. The molecule has 0 aromatic carbocycles. The molecule has 0 N–H and O–H groups in total. The zero-order valence-corrected chi connectivity index (χ0v) is 13.0. The van der Waals surface area contributed by atoms with Crippen molar-refractivity contribution in [2.45, 2.75) is 27.2 Å². The third-order valence-corrected chi connectivity index (χ3v) is 5.39. The van der Waals surface area contributed by atoms with Gasteiger partial charge in [0.05, 0.1) is 25.7 Å². The van der Waals surface area contributed by atoms with Crippen LogP contribution in [0.1, 0.15) is 27.2 Å². The van der Waals surface area contributed by atoms with Crippen LogP contribution in [0.15, 0.2) is 12.2 Å². The van der Waals surface area contributed by atoms with Crippen LogP contribution in [-0.2, 0) is 19.0 Å². The van der Waals surface area contributed by atoms with E-state index in [0.29, 0.717) is 32.3 Å². The third kappa shape index (κ3) is 2.51. The van der Waals surface area contributed by atoms with Gasteiger partial charge >= 0.3 is 5.97 Å². The van der Waals surface area contributed by atoms with E-state index in [1.54, 1.807) is 7.11 Å². The van der Waals surface area contributed by atoms with Crippen molar-refractivity contribution < 1.29 is 19.0 Å². The Labute approximate surface area is 121 Å². The molecule has 0 aromatic heterocycles. The molecule has 1 fully saturated rings. The highest BCUT2D eigenvalue weighted by Gasteiger charge is 2.61. The van der Waals surface area contributed by atoms with Gasteiger partial charge < -0.3 is 14.2 Å². The molecule has 3 atom stereocenters. The molecular weight excluding hydrogens is 256 g/mol. The van der Waals surface area contributed by atoms with Crippen LogP contribution in [0.2, 0.25) is 0 Å². The van der Waals surface area contributed by atoms with Gasteiger partial charge in [0.25, 0.3) is 0 Å². The highest BCUT2D eigenvalue weighted by atomic mass is 16.6. The Hall–Kier alpha value is -0.870. The van der Waals surface area contributed by atoms with E-state index in [9.17, 15) is 4.79 Å². The summed E-state index contributed by atoms with van der Waals surface area (Å²) in [5.41, 5.74) is 0.0668. The number of ether oxygens (including phenoxy) is 3. The summed E-state index contributed by atoms with van der Waals surface area (Å²) in [6.45, 7) is 8.53. The summed E-state index contributed by atoms with van der Waals surface area (Å²) in [6, 6.07) is 0. The Morgan fingerprint density at radius 3 is 2.45 bits per heavy atom. The summed E-state index contributed by atoms with van der Waals surface area (Å²) in [5, 5.41) is 0. The Kier molecular flexibility index (Phi) is 4.55. The van der Waals surface area contributed by atoms with Gasteiger partial charge in [0.2, 0.25) is 0 Å². The maximum atomic E-state index is 12.3. The van der Waals surface area contributed by atoms with E-state index < -0.39 is 0 Å². The van der Waals surface area contributed by atoms with E-state index in [1.807, 2.05) is 0 Å². The van der Waals surface area contributed by atoms with Gasteiger partial charge in [-0.3, -0.25) is 4.79 Å². The van der Waals surface area contributed by atoms with Crippen LogP contribution in [0.4, 0.5) is 0 Å². The first kappa shape index (κ1) is 15.5. The number of allylic oxidation sites excluding steroid dienone is 2. The van der Waals surface area contributed by atoms with Crippen LogP contribution < -0.4 is 0 Å². The van der Waals surface area contributed by atoms with E-state index in [2.05, 4.69) is 32.9 Å². The second-order valence-corrected chi connectivity index (χ2v) is 6.53. The number of methoxy groups -OCH3 is 1. The van der Waals surface area contributed by atoms with Gasteiger partial charge in [0.1, 0.15) is 6.61 Å². The first-order valence-electron chi connectivity index (χ1n) is 7.36. The lowest BCUT2D eigenvalue weighted by molar-refractivity contribution is -0.153. The van der Waals surface area contributed by atoms with Gasteiger partial charge in [-0.15, -0.1) is 0 Å². The highest BCUT2D eigenvalue weighted by molar-refractivity contribution is 5.75. The summed E-state index contributed by atoms with van der Waals surface area (Å²) in [7, 11) is 1.63. The topological polar surface area (TPSA) is 44.8 Å². The minimum Gasteiger partial charge on any atom is -0.463 e. The van der Waals surface area contributed by atoms with Crippen molar-refractivity contribution in [1.82, 2.24) is 0 Å². The van der Waals surface area contributed by atoms with Crippen molar-refractivity contribution in [2.24, 2.45) is 22.7 Å². The molecule has 0 saturated heterocycles. The van der Waals surface area contributed by atoms with Crippen LogP contribution in [0.25, 0.3) is 0 Å². The fraction of sp³-hybridized carbons (Fsp3) is 0.812. The van der Waals surface area contributed by atoms with Crippen LogP contribution in [-0.4, -0.2) is 39.5 Å². The Morgan fingerprint density at radius 1 is 1.20 bits per heavy atom. The molecule has 0 heterocycles. The molecule has 20 heavy (non-hydrogen) atoms. The first-order valence-corrected chi connectivity index (χ1v) is 7.36. The average molecular weight is 282 g/mol. The molecule has 2 aliphatic carbocycles. The number of fused-ring (bicyclic) bond motifs is 2. The molecule has 114 valence electrons. The van der Waals surface area contributed by atoms with Crippen molar-refractivity contribution in [2.75, 3.05) is 33.5 Å². The predicted octanol–water partition coefficient (Wildman–Crippen LogP) is 2.43. The zero-order valence-electron chi connectivity index (χ0n) is 13.0. The lowest BCUT2D eigenvalue weighted by atomic mass is 9.67. The first-order chi connectivity index (χ1) is 9.43. The molecule has 0 amide bonds. The fourth-order valence-electron chi connectivity index (χ4n) is 3.50. The zero-order chi connectivity index (χ0) is 14.8. The summed E-state index contributed by atoms with van der Waals surface area (Å²) in [5.74, 6) is 0.386. The van der Waals surface area contributed by atoms with Gasteiger partial charge in [0, 0.05) is 12.5 Å². The number of carbonyl (C=O) groups is 1. The number of carbonyl (C=O) groups excluding carboxylic acids is 1. The predicted molar refractivity (Wildman–Crippen MR) is 76.3 cm³/mol. The van der Waals surface area contributed by atoms with Gasteiger partial charge in [-0.1, -0.05) is 32.9 Å². The molecular formula is C16H26O4. The van der Waals surface area contributed by atoms with Crippen molar-refractivity contribution in [3.63, 3.8) is 0 Å². The lowest BCUT2D eigenvalue weighted by Crippen LogP contribution is -2.36. The molecule has 0 radical (unpaired) electrons. The molecule has 4 heteroatoms. The SMILES string of the molecule is COCCOCCOC(=O)C1CC2C=CC1(C)C2(C)C. The molecule has 3 unspecified atom stereocenters. The van der Waals surface area contributed by atoms with Gasteiger partial charge in [-0.05, 0) is 17.8 Å². The number of rotatable bonds is 7.